The molecule has 1 unspecified atom stereocenters. The lowest BCUT2D eigenvalue weighted by Crippen LogP contribution is -2.02. The van der Waals surface area contributed by atoms with E-state index in [4.69, 9.17) is 23.2 Å². The van der Waals surface area contributed by atoms with E-state index < -0.39 is 17.0 Å². The van der Waals surface area contributed by atoms with Gasteiger partial charge in [-0.05, 0) is 55.2 Å². The third-order valence-electron chi connectivity index (χ3n) is 3.37. The van der Waals surface area contributed by atoms with Gasteiger partial charge in [0.15, 0.2) is 0 Å². The summed E-state index contributed by atoms with van der Waals surface area (Å²) < 4.78 is 27.2. The second-order valence-electron chi connectivity index (χ2n) is 4.94. The van der Waals surface area contributed by atoms with Gasteiger partial charge in [-0.2, -0.15) is 0 Å². The van der Waals surface area contributed by atoms with Crippen molar-refractivity contribution < 1.29 is 8.78 Å². The summed E-state index contributed by atoms with van der Waals surface area (Å²) in [6, 6.07) is 5.97. The molecule has 1 atom stereocenters. The van der Waals surface area contributed by atoms with Crippen molar-refractivity contribution in [1.29, 1.82) is 0 Å². The molecule has 0 heterocycles. The van der Waals surface area contributed by atoms with Crippen molar-refractivity contribution in [3.8, 4) is 0 Å². The molecule has 0 aliphatic carbocycles. The third-order valence-corrected chi connectivity index (χ3v) is 4.25. The Labute approximate surface area is 127 Å². The molecule has 0 aromatic heterocycles. The molecule has 0 radical (unpaired) electrons. The van der Waals surface area contributed by atoms with Crippen LogP contribution in [0.25, 0.3) is 0 Å². The minimum Gasteiger partial charge on any atom is -0.207 e. The number of rotatable bonds is 2. The summed E-state index contributed by atoms with van der Waals surface area (Å²) in [5.74, 6) is -1.21. The van der Waals surface area contributed by atoms with Crippen molar-refractivity contribution in [1.82, 2.24) is 0 Å². The Balaban J connectivity index is 2.54. The van der Waals surface area contributed by atoms with Crippen molar-refractivity contribution in [2.45, 2.75) is 26.1 Å². The number of halogens is 4. The van der Waals surface area contributed by atoms with Crippen LogP contribution in [-0.2, 0) is 0 Å². The fourth-order valence-corrected chi connectivity index (χ4v) is 2.74. The molecule has 20 heavy (non-hydrogen) atoms. The molecule has 0 nitrogen and oxygen atoms in total. The first-order chi connectivity index (χ1) is 9.31. The van der Waals surface area contributed by atoms with Crippen LogP contribution in [-0.4, -0.2) is 0 Å². The summed E-state index contributed by atoms with van der Waals surface area (Å²) in [6.07, 6.45) is 0. The SMILES string of the molecule is Cc1cc(C(Cl)c2cc(C)c(Cl)cc2C)c(F)cc1F. The second kappa shape index (κ2) is 5.71. The van der Waals surface area contributed by atoms with Gasteiger partial charge in [-0.3, -0.25) is 0 Å². The number of alkyl halides is 1. The van der Waals surface area contributed by atoms with Gasteiger partial charge in [-0.15, -0.1) is 11.6 Å². The maximum Gasteiger partial charge on any atom is 0.131 e. The molecule has 0 spiro atoms. The molecule has 0 saturated heterocycles. The Hall–Kier alpha value is -1.12. The first-order valence-corrected chi connectivity index (χ1v) is 6.99. The van der Waals surface area contributed by atoms with Crippen molar-refractivity contribution in [3.05, 3.63) is 68.7 Å². The first-order valence-electron chi connectivity index (χ1n) is 6.17. The van der Waals surface area contributed by atoms with Gasteiger partial charge < -0.3 is 0 Å². The fraction of sp³-hybridized carbons (Fsp3) is 0.250. The topological polar surface area (TPSA) is 0 Å². The van der Waals surface area contributed by atoms with E-state index >= 15 is 0 Å². The van der Waals surface area contributed by atoms with Gasteiger partial charge in [0.25, 0.3) is 0 Å². The summed E-state index contributed by atoms with van der Waals surface area (Å²) in [6.45, 7) is 5.31. The van der Waals surface area contributed by atoms with Crippen LogP contribution in [0, 0.1) is 32.4 Å². The van der Waals surface area contributed by atoms with E-state index in [1.165, 1.54) is 6.07 Å². The summed E-state index contributed by atoms with van der Waals surface area (Å²) in [4.78, 5) is 0. The highest BCUT2D eigenvalue weighted by atomic mass is 35.5. The third kappa shape index (κ3) is 2.82. The zero-order valence-electron chi connectivity index (χ0n) is 11.4. The Kier molecular flexibility index (Phi) is 4.36. The molecule has 0 fully saturated rings. The van der Waals surface area contributed by atoms with Gasteiger partial charge in [0, 0.05) is 16.7 Å². The maximum absolute atomic E-state index is 13.9. The first kappa shape index (κ1) is 15.3. The molecule has 0 aliphatic rings. The molecular formula is C16H14Cl2F2. The van der Waals surface area contributed by atoms with Crippen LogP contribution < -0.4 is 0 Å². The van der Waals surface area contributed by atoms with E-state index in [0.29, 0.717) is 10.6 Å². The quantitative estimate of drug-likeness (QED) is 0.608. The Morgan fingerprint density at radius 2 is 1.40 bits per heavy atom. The number of benzene rings is 2. The Morgan fingerprint density at radius 3 is 2.05 bits per heavy atom. The normalized spacial score (nSPS) is 12.6. The lowest BCUT2D eigenvalue weighted by molar-refractivity contribution is 0.568. The largest absolute Gasteiger partial charge is 0.207 e. The highest BCUT2D eigenvalue weighted by molar-refractivity contribution is 6.31. The zero-order chi connectivity index (χ0) is 15.0. The lowest BCUT2D eigenvalue weighted by Gasteiger charge is -2.16. The highest BCUT2D eigenvalue weighted by Gasteiger charge is 2.19. The predicted octanol–water partition coefficient (Wildman–Crippen LogP) is 5.87. The Morgan fingerprint density at radius 1 is 0.800 bits per heavy atom. The van der Waals surface area contributed by atoms with Crippen LogP contribution in [0.2, 0.25) is 5.02 Å². The number of hydrogen-bond donors (Lipinski definition) is 0. The van der Waals surface area contributed by atoms with E-state index in [-0.39, 0.29) is 5.56 Å². The van der Waals surface area contributed by atoms with Crippen LogP contribution in [0.1, 0.15) is 33.2 Å². The van der Waals surface area contributed by atoms with Crippen LogP contribution in [0.15, 0.2) is 24.3 Å². The van der Waals surface area contributed by atoms with Crippen molar-refractivity contribution in [2.75, 3.05) is 0 Å². The van der Waals surface area contributed by atoms with Gasteiger partial charge in [-0.1, -0.05) is 17.7 Å². The molecule has 2 rings (SSSR count). The van der Waals surface area contributed by atoms with E-state index in [0.717, 1.165) is 22.8 Å². The monoisotopic (exact) mass is 314 g/mol. The van der Waals surface area contributed by atoms with Gasteiger partial charge in [0.2, 0.25) is 0 Å². The van der Waals surface area contributed by atoms with Gasteiger partial charge in [-0.25, -0.2) is 8.78 Å². The molecular weight excluding hydrogens is 301 g/mol. The minimum atomic E-state index is -0.676. The molecule has 0 bridgehead atoms. The molecule has 0 saturated carbocycles. The maximum atomic E-state index is 13.9. The van der Waals surface area contributed by atoms with Gasteiger partial charge in [0.05, 0.1) is 5.38 Å². The van der Waals surface area contributed by atoms with Crippen LogP contribution >= 0.6 is 23.2 Å². The zero-order valence-corrected chi connectivity index (χ0v) is 12.9. The standard InChI is InChI=1S/C16H14Cl2F2/c1-8-6-13(17)9(2)4-11(8)16(18)12-5-10(3)14(19)7-15(12)20/h4-7,16H,1-3H3. The number of aryl methyl sites for hydroxylation is 3. The van der Waals surface area contributed by atoms with Crippen molar-refractivity contribution in [3.63, 3.8) is 0 Å². The smallest absolute Gasteiger partial charge is 0.131 e. The van der Waals surface area contributed by atoms with E-state index in [1.807, 2.05) is 19.9 Å². The molecule has 4 heteroatoms. The van der Waals surface area contributed by atoms with Crippen molar-refractivity contribution in [2.24, 2.45) is 0 Å². The molecule has 0 N–H and O–H groups in total. The van der Waals surface area contributed by atoms with Crippen LogP contribution in [0.3, 0.4) is 0 Å². The molecule has 2 aromatic rings. The van der Waals surface area contributed by atoms with Crippen LogP contribution in [0.5, 0.6) is 0 Å². The average molecular weight is 315 g/mol. The average Bonchev–Trinajstić information content (AvgIpc) is 2.37. The van der Waals surface area contributed by atoms with E-state index in [1.54, 1.807) is 13.0 Å². The van der Waals surface area contributed by atoms with Gasteiger partial charge in [0.1, 0.15) is 11.6 Å². The highest BCUT2D eigenvalue weighted by Crippen LogP contribution is 2.35. The number of hydrogen-bond acceptors (Lipinski definition) is 0. The molecule has 106 valence electrons. The Bertz CT molecular complexity index is 609. The predicted molar refractivity (Wildman–Crippen MR) is 79.7 cm³/mol. The van der Waals surface area contributed by atoms with E-state index in [2.05, 4.69) is 0 Å². The molecule has 0 amide bonds. The fourth-order valence-electron chi connectivity index (χ4n) is 2.12. The van der Waals surface area contributed by atoms with Gasteiger partial charge >= 0.3 is 0 Å². The van der Waals surface area contributed by atoms with Crippen LogP contribution in [0.4, 0.5) is 8.78 Å². The summed E-state index contributed by atoms with van der Waals surface area (Å²) in [5.41, 5.74) is 3.17. The summed E-state index contributed by atoms with van der Waals surface area (Å²) >= 11 is 12.4. The summed E-state index contributed by atoms with van der Waals surface area (Å²) in [7, 11) is 0. The minimum absolute atomic E-state index is 0.274. The van der Waals surface area contributed by atoms with Crippen molar-refractivity contribution >= 4 is 23.2 Å². The second-order valence-corrected chi connectivity index (χ2v) is 5.79. The lowest BCUT2D eigenvalue weighted by atomic mass is 9.96. The molecule has 0 aliphatic heterocycles. The molecule has 2 aromatic carbocycles. The van der Waals surface area contributed by atoms with E-state index in [9.17, 15) is 8.78 Å². The summed E-state index contributed by atoms with van der Waals surface area (Å²) in [5, 5.41) is -0.0314.